The van der Waals surface area contributed by atoms with Crippen LogP contribution in [0.5, 0.6) is 0 Å². The van der Waals surface area contributed by atoms with Gasteiger partial charge in [0.1, 0.15) is 6.33 Å². The summed E-state index contributed by atoms with van der Waals surface area (Å²) in [4.78, 5) is 4.14. The Balaban J connectivity index is 2.38. The van der Waals surface area contributed by atoms with Crippen molar-refractivity contribution in [3.8, 4) is 5.82 Å². The maximum absolute atomic E-state index is 4.14. The molecule has 0 atom stereocenters. The summed E-state index contributed by atoms with van der Waals surface area (Å²) in [6.45, 7) is 3.64. The van der Waals surface area contributed by atoms with Crippen molar-refractivity contribution in [2.75, 3.05) is 0 Å². The third-order valence-electron chi connectivity index (χ3n) is 1.59. The van der Waals surface area contributed by atoms with Gasteiger partial charge in [-0.1, -0.05) is 12.7 Å². The smallest absolute Gasteiger partial charge is 0.156 e. The zero-order chi connectivity index (χ0) is 9.10. The first-order valence-corrected chi connectivity index (χ1v) is 3.72. The van der Waals surface area contributed by atoms with Crippen molar-refractivity contribution in [2.24, 2.45) is 0 Å². The Bertz CT molecular complexity index is 389. The van der Waals surface area contributed by atoms with Crippen molar-refractivity contribution in [3.63, 3.8) is 0 Å². The summed E-state index contributed by atoms with van der Waals surface area (Å²) in [7, 11) is 0. The molecule has 5 heteroatoms. The molecule has 64 valence electrons. The Labute approximate surface area is 74.7 Å². The lowest BCUT2D eigenvalue weighted by Gasteiger charge is -1.97. The SMILES string of the molecule is C=Cc1ccc(-n2cnnn2)nc1. The van der Waals surface area contributed by atoms with Crippen LogP contribution in [0.25, 0.3) is 11.9 Å². The highest BCUT2D eigenvalue weighted by molar-refractivity contribution is 5.46. The molecule has 2 heterocycles. The fourth-order valence-corrected chi connectivity index (χ4v) is 0.920. The molecule has 0 amide bonds. The largest absolute Gasteiger partial charge is 0.236 e. The van der Waals surface area contributed by atoms with Crippen LogP contribution in [0.3, 0.4) is 0 Å². The second-order valence-corrected chi connectivity index (χ2v) is 2.41. The minimum atomic E-state index is 0.690. The van der Waals surface area contributed by atoms with Gasteiger partial charge in [-0.05, 0) is 28.1 Å². The van der Waals surface area contributed by atoms with Gasteiger partial charge in [0, 0.05) is 6.20 Å². The predicted octanol–water partition coefficient (Wildman–Crippen LogP) is 0.700. The molecule has 5 nitrogen and oxygen atoms in total. The molecule has 2 rings (SSSR count). The molecule has 0 radical (unpaired) electrons. The minimum Gasteiger partial charge on any atom is -0.236 e. The molecular formula is C8H7N5. The molecule has 0 spiro atoms. The molecule has 0 saturated heterocycles. The van der Waals surface area contributed by atoms with Crippen molar-refractivity contribution in [1.29, 1.82) is 0 Å². The zero-order valence-corrected chi connectivity index (χ0v) is 6.83. The standard InChI is InChI=1S/C8H7N5/c1-2-7-3-4-8(9-5-7)13-6-10-11-12-13/h2-6H,1H2. The summed E-state index contributed by atoms with van der Waals surface area (Å²) < 4.78 is 1.49. The van der Waals surface area contributed by atoms with E-state index in [1.54, 1.807) is 12.3 Å². The molecule has 0 aliphatic heterocycles. The van der Waals surface area contributed by atoms with Crippen LogP contribution >= 0.6 is 0 Å². The summed E-state index contributed by atoms with van der Waals surface area (Å²) in [5, 5.41) is 10.7. The van der Waals surface area contributed by atoms with Gasteiger partial charge in [0.2, 0.25) is 0 Å². The maximum atomic E-state index is 4.14. The minimum absolute atomic E-state index is 0.690. The van der Waals surface area contributed by atoms with Crippen molar-refractivity contribution in [1.82, 2.24) is 25.2 Å². The van der Waals surface area contributed by atoms with Crippen molar-refractivity contribution in [3.05, 3.63) is 36.8 Å². The van der Waals surface area contributed by atoms with Crippen molar-refractivity contribution >= 4 is 6.08 Å². The summed E-state index contributed by atoms with van der Waals surface area (Å²) in [6, 6.07) is 3.73. The molecule has 2 aromatic heterocycles. The lowest BCUT2D eigenvalue weighted by atomic mass is 10.3. The maximum Gasteiger partial charge on any atom is 0.156 e. The van der Waals surface area contributed by atoms with Gasteiger partial charge in [-0.3, -0.25) is 0 Å². The first kappa shape index (κ1) is 7.60. The summed E-state index contributed by atoms with van der Waals surface area (Å²) in [5.41, 5.74) is 0.969. The molecule has 0 aliphatic rings. The molecule has 13 heavy (non-hydrogen) atoms. The van der Waals surface area contributed by atoms with Crippen molar-refractivity contribution in [2.45, 2.75) is 0 Å². The summed E-state index contributed by atoms with van der Waals surface area (Å²) >= 11 is 0. The van der Waals surface area contributed by atoms with Gasteiger partial charge in [0.15, 0.2) is 5.82 Å². The number of hydrogen-bond acceptors (Lipinski definition) is 4. The summed E-state index contributed by atoms with van der Waals surface area (Å²) in [5.74, 6) is 0.690. The first-order valence-electron chi connectivity index (χ1n) is 3.72. The van der Waals surface area contributed by atoms with E-state index >= 15 is 0 Å². The lowest BCUT2D eigenvalue weighted by molar-refractivity contribution is 0.771. The number of aromatic nitrogens is 5. The van der Waals surface area contributed by atoms with Crippen LogP contribution in [0.4, 0.5) is 0 Å². The quantitative estimate of drug-likeness (QED) is 0.670. The van der Waals surface area contributed by atoms with E-state index in [1.165, 1.54) is 11.0 Å². The van der Waals surface area contributed by atoms with E-state index in [4.69, 9.17) is 0 Å². The van der Waals surface area contributed by atoms with E-state index in [9.17, 15) is 0 Å². The van der Waals surface area contributed by atoms with Gasteiger partial charge in [-0.2, -0.15) is 4.68 Å². The Morgan fingerprint density at radius 1 is 1.38 bits per heavy atom. The highest BCUT2D eigenvalue weighted by atomic mass is 15.5. The summed E-state index contributed by atoms with van der Waals surface area (Å²) in [6.07, 6.45) is 4.94. The van der Waals surface area contributed by atoms with Crippen LogP contribution in [0.15, 0.2) is 31.2 Å². The topological polar surface area (TPSA) is 56.5 Å². The molecular weight excluding hydrogens is 166 g/mol. The van der Waals surface area contributed by atoms with Gasteiger partial charge in [0.25, 0.3) is 0 Å². The number of pyridine rings is 1. The molecule has 0 N–H and O–H groups in total. The van der Waals surface area contributed by atoms with E-state index in [1.807, 2.05) is 12.1 Å². The second-order valence-electron chi connectivity index (χ2n) is 2.41. The van der Waals surface area contributed by atoms with Gasteiger partial charge < -0.3 is 0 Å². The van der Waals surface area contributed by atoms with Crippen LogP contribution in [0.1, 0.15) is 5.56 Å². The molecule has 0 saturated carbocycles. The van der Waals surface area contributed by atoms with Crippen LogP contribution in [-0.4, -0.2) is 25.2 Å². The highest BCUT2D eigenvalue weighted by Crippen LogP contribution is 2.03. The van der Waals surface area contributed by atoms with Crippen LogP contribution in [-0.2, 0) is 0 Å². The monoisotopic (exact) mass is 173 g/mol. The van der Waals surface area contributed by atoms with E-state index in [0.717, 1.165) is 5.56 Å². The Kier molecular flexibility index (Phi) is 1.84. The Morgan fingerprint density at radius 2 is 2.31 bits per heavy atom. The van der Waals surface area contributed by atoms with E-state index in [-0.39, 0.29) is 0 Å². The Morgan fingerprint density at radius 3 is 2.85 bits per heavy atom. The van der Waals surface area contributed by atoms with Crippen LogP contribution < -0.4 is 0 Å². The highest BCUT2D eigenvalue weighted by Gasteiger charge is 1.97. The van der Waals surface area contributed by atoms with Gasteiger partial charge >= 0.3 is 0 Å². The normalized spacial score (nSPS) is 9.85. The second kappa shape index (κ2) is 3.14. The molecule has 0 fully saturated rings. The van der Waals surface area contributed by atoms with E-state index in [2.05, 4.69) is 27.1 Å². The molecule has 0 unspecified atom stereocenters. The molecule has 0 bridgehead atoms. The lowest BCUT2D eigenvalue weighted by Crippen LogP contribution is -1.97. The third kappa shape index (κ3) is 1.44. The Hall–Kier alpha value is -2.04. The van der Waals surface area contributed by atoms with Gasteiger partial charge in [0.05, 0.1) is 0 Å². The number of nitrogens with zero attached hydrogens (tertiary/aromatic N) is 5. The zero-order valence-electron chi connectivity index (χ0n) is 6.83. The van der Waals surface area contributed by atoms with Crippen LogP contribution in [0, 0.1) is 0 Å². The third-order valence-corrected chi connectivity index (χ3v) is 1.59. The fraction of sp³-hybridized carbons (Fsp3) is 0. The average molecular weight is 173 g/mol. The van der Waals surface area contributed by atoms with Crippen molar-refractivity contribution < 1.29 is 0 Å². The first-order chi connectivity index (χ1) is 6.40. The van der Waals surface area contributed by atoms with Crippen LogP contribution in [0.2, 0.25) is 0 Å². The number of hydrogen-bond donors (Lipinski definition) is 0. The predicted molar refractivity (Wildman–Crippen MR) is 47.0 cm³/mol. The van der Waals surface area contributed by atoms with E-state index < -0.39 is 0 Å². The molecule has 2 aromatic rings. The van der Waals surface area contributed by atoms with E-state index in [0.29, 0.717) is 5.82 Å². The molecule has 0 aliphatic carbocycles. The van der Waals surface area contributed by atoms with Gasteiger partial charge in [-0.25, -0.2) is 4.98 Å². The number of tetrazole rings is 1. The molecule has 0 aromatic carbocycles. The average Bonchev–Trinajstić information content (AvgIpc) is 2.71. The van der Waals surface area contributed by atoms with Gasteiger partial charge in [-0.15, -0.1) is 5.10 Å². The fourth-order valence-electron chi connectivity index (χ4n) is 0.920. The number of rotatable bonds is 2.